The average Bonchev–Trinajstić information content (AvgIpc) is 2.06. The van der Waals surface area contributed by atoms with Crippen LogP contribution in [0, 0.1) is 0 Å². The van der Waals surface area contributed by atoms with E-state index in [1.807, 2.05) is 30.3 Å². The number of benzene rings is 1. The predicted molar refractivity (Wildman–Crippen MR) is 55.3 cm³/mol. The van der Waals surface area contributed by atoms with E-state index in [1.165, 1.54) is 0 Å². The topological polar surface area (TPSA) is 0 Å². The normalized spacial score (nSPS) is 13.3. The van der Waals surface area contributed by atoms with Gasteiger partial charge in [0.15, 0.2) is 0 Å². The molecular weight excluding hydrogens is 214 g/mol. The quantitative estimate of drug-likeness (QED) is 0.687. The summed E-state index contributed by atoms with van der Waals surface area (Å²) in [5.74, 6) is 0. The van der Waals surface area contributed by atoms with Gasteiger partial charge in [0.25, 0.3) is 0 Å². The molecule has 0 heterocycles. The number of hydrogen-bond acceptors (Lipinski definition) is 0. The molecule has 66 valence electrons. The van der Waals surface area contributed by atoms with Crippen LogP contribution in [0.3, 0.4) is 0 Å². The van der Waals surface area contributed by atoms with Gasteiger partial charge >= 0.3 is 0 Å². The second kappa shape index (κ2) is 4.96. The molecule has 0 saturated carbocycles. The number of rotatable bonds is 3. The fourth-order valence-electron chi connectivity index (χ4n) is 0.928. The summed E-state index contributed by atoms with van der Waals surface area (Å²) in [6, 6.07) is 9.91. The first-order valence-electron chi connectivity index (χ1n) is 3.66. The van der Waals surface area contributed by atoms with Gasteiger partial charge in [-0.15, -0.1) is 34.8 Å². The lowest BCUT2D eigenvalue weighted by Gasteiger charge is -2.09. The molecular formula is C9H9Cl3. The highest BCUT2D eigenvalue weighted by atomic mass is 35.5. The number of hydrogen-bond donors (Lipinski definition) is 0. The fourth-order valence-corrected chi connectivity index (χ4v) is 1.28. The maximum Gasteiger partial charge on any atom is 0.124 e. The van der Waals surface area contributed by atoms with E-state index in [1.54, 1.807) is 0 Å². The van der Waals surface area contributed by atoms with Crippen LogP contribution in [0.15, 0.2) is 30.3 Å². The Hall–Kier alpha value is 0.0900. The van der Waals surface area contributed by atoms with E-state index in [0.717, 1.165) is 5.56 Å². The maximum atomic E-state index is 5.89. The molecule has 1 rings (SSSR count). The molecule has 1 aromatic carbocycles. The van der Waals surface area contributed by atoms with Crippen molar-refractivity contribution in [1.82, 2.24) is 0 Å². The van der Waals surface area contributed by atoms with Gasteiger partial charge in [-0.1, -0.05) is 30.3 Å². The van der Waals surface area contributed by atoms with Crippen LogP contribution in [-0.4, -0.2) is 10.2 Å². The Morgan fingerprint density at radius 2 is 1.58 bits per heavy atom. The maximum absolute atomic E-state index is 5.89. The third-order valence-corrected chi connectivity index (χ3v) is 2.82. The van der Waals surface area contributed by atoms with Gasteiger partial charge in [-0.2, -0.15) is 0 Å². The van der Waals surface area contributed by atoms with Crippen molar-refractivity contribution in [3.8, 4) is 0 Å². The summed E-state index contributed by atoms with van der Waals surface area (Å²) in [6.45, 7) is 0. The molecule has 1 atom stereocenters. The van der Waals surface area contributed by atoms with Crippen LogP contribution in [0.25, 0.3) is 0 Å². The molecule has 0 bridgehead atoms. The van der Waals surface area contributed by atoms with Crippen molar-refractivity contribution in [2.24, 2.45) is 0 Å². The Morgan fingerprint density at radius 3 is 2.08 bits per heavy atom. The number of halogens is 3. The minimum Gasteiger partial charge on any atom is -0.120 e. The fraction of sp³-hybridized carbons (Fsp3) is 0.333. The van der Waals surface area contributed by atoms with Gasteiger partial charge in [0.1, 0.15) is 4.84 Å². The van der Waals surface area contributed by atoms with Gasteiger partial charge in [0.05, 0.1) is 5.38 Å². The summed E-state index contributed by atoms with van der Waals surface area (Å²) >= 11 is 17.1. The molecule has 3 heteroatoms. The van der Waals surface area contributed by atoms with E-state index < -0.39 is 4.84 Å². The lowest BCUT2D eigenvalue weighted by molar-refractivity contribution is 0.902. The summed E-state index contributed by atoms with van der Waals surface area (Å²) in [4.78, 5) is -0.508. The van der Waals surface area contributed by atoms with Crippen molar-refractivity contribution in [1.29, 1.82) is 0 Å². The van der Waals surface area contributed by atoms with Crippen molar-refractivity contribution in [2.45, 2.75) is 16.6 Å². The predicted octanol–water partition coefficient (Wildman–Crippen LogP) is 3.64. The van der Waals surface area contributed by atoms with Crippen molar-refractivity contribution >= 4 is 34.8 Å². The summed E-state index contributed by atoms with van der Waals surface area (Å²) in [7, 11) is 0. The van der Waals surface area contributed by atoms with Crippen LogP contribution >= 0.6 is 34.8 Å². The molecule has 0 aliphatic carbocycles. The second-order valence-corrected chi connectivity index (χ2v) is 4.26. The van der Waals surface area contributed by atoms with E-state index in [2.05, 4.69) is 0 Å². The Bertz CT molecular complexity index is 220. The van der Waals surface area contributed by atoms with Crippen LogP contribution < -0.4 is 0 Å². The first-order valence-corrected chi connectivity index (χ1v) is 4.97. The lowest BCUT2D eigenvalue weighted by atomic mass is 10.1. The van der Waals surface area contributed by atoms with Gasteiger partial charge < -0.3 is 0 Å². The van der Waals surface area contributed by atoms with E-state index in [4.69, 9.17) is 34.8 Å². The van der Waals surface area contributed by atoms with Crippen molar-refractivity contribution in [2.75, 3.05) is 0 Å². The molecule has 0 aliphatic heterocycles. The van der Waals surface area contributed by atoms with Gasteiger partial charge in [0.2, 0.25) is 0 Å². The highest BCUT2D eigenvalue weighted by Crippen LogP contribution is 2.18. The van der Waals surface area contributed by atoms with E-state index in [-0.39, 0.29) is 5.38 Å². The second-order valence-electron chi connectivity index (χ2n) is 2.54. The summed E-state index contributed by atoms with van der Waals surface area (Å²) in [6.07, 6.45) is 0.708. The molecule has 0 aliphatic rings. The third-order valence-electron chi connectivity index (χ3n) is 1.55. The minimum absolute atomic E-state index is 0.212. The van der Waals surface area contributed by atoms with Crippen LogP contribution in [-0.2, 0) is 6.42 Å². The third kappa shape index (κ3) is 3.22. The Kier molecular flexibility index (Phi) is 4.20. The molecule has 12 heavy (non-hydrogen) atoms. The highest BCUT2D eigenvalue weighted by Gasteiger charge is 2.13. The van der Waals surface area contributed by atoms with Crippen molar-refractivity contribution in [3.63, 3.8) is 0 Å². The zero-order valence-electron chi connectivity index (χ0n) is 6.38. The van der Waals surface area contributed by atoms with Gasteiger partial charge in [-0.3, -0.25) is 0 Å². The smallest absolute Gasteiger partial charge is 0.120 e. The SMILES string of the molecule is ClC(Cl)C(Cl)Cc1ccccc1. The number of alkyl halides is 3. The van der Waals surface area contributed by atoms with E-state index in [9.17, 15) is 0 Å². The molecule has 0 N–H and O–H groups in total. The molecule has 1 aromatic rings. The van der Waals surface area contributed by atoms with E-state index in [0.29, 0.717) is 6.42 Å². The Morgan fingerprint density at radius 1 is 1.00 bits per heavy atom. The van der Waals surface area contributed by atoms with Crippen LogP contribution in [0.4, 0.5) is 0 Å². The summed E-state index contributed by atoms with van der Waals surface area (Å²) in [5, 5.41) is -0.212. The first kappa shape index (κ1) is 10.2. The molecule has 0 spiro atoms. The van der Waals surface area contributed by atoms with E-state index >= 15 is 0 Å². The van der Waals surface area contributed by atoms with Crippen LogP contribution in [0.1, 0.15) is 5.56 Å². The zero-order valence-corrected chi connectivity index (χ0v) is 8.65. The standard InChI is InChI=1S/C9H9Cl3/c10-8(9(11)12)6-7-4-2-1-3-5-7/h1-5,8-9H,6H2. The molecule has 0 amide bonds. The van der Waals surface area contributed by atoms with Crippen molar-refractivity contribution in [3.05, 3.63) is 35.9 Å². The first-order chi connectivity index (χ1) is 5.70. The molecule has 1 unspecified atom stereocenters. The average molecular weight is 224 g/mol. The van der Waals surface area contributed by atoms with Gasteiger partial charge in [0, 0.05) is 0 Å². The lowest BCUT2D eigenvalue weighted by Crippen LogP contribution is -2.11. The van der Waals surface area contributed by atoms with Crippen LogP contribution in [0.2, 0.25) is 0 Å². The molecule has 0 saturated heterocycles. The highest BCUT2D eigenvalue weighted by molar-refractivity contribution is 6.48. The minimum atomic E-state index is -0.508. The van der Waals surface area contributed by atoms with Crippen LogP contribution in [0.5, 0.6) is 0 Å². The molecule has 0 nitrogen and oxygen atoms in total. The summed E-state index contributed by atoms with van der Waals surface area (Å²) < 4.78 is 0. The Balaban J connectivity index is 2.53. The molecule has 0 fully saturated rings. The Labute approximate surface area is 87.4 Å². The largest absolute Gasteiger partial charge is 0.124 e. The van der Waals surface area contributed by atoms with Crippen molar-refractivity contribution < 1.29 is 0 Å². The molecule has 0 aromatic heterocycles. The summed E-state index contributed by atoms with van der Waals surface area (Å²) in [5.41, 5.74) is 1.16. The molecule has 0 radical (unpaired) electrons. The monoisotopic (exact) mass is 222 g/mol. The zero-order chi connectivity index (χ0) is 8.97. The van der Waals surface area contributed by atoms with Gasteiger partial charge in [-0.25, -0.2) is 0 Å². The van der Waals surface area contributed by atoms with Gasteiger partial charge in [-0.05, 0) is 12.0 Å².